The van der Waals surface area contributed by atoms with Crippen LogP contribution < -0.4 is 0 Å². The topological polar surface area (TPSA) is 57.2 Å². The van der Waals surface area contributed by atoms with E-state index in [-0.39, 0.29) is 16.6 Å². The predicted octanol–water partition coefficient (Wildman–Crippen LogP) is -0.590. The fourth-order valence-electron chi connectivity index (χ4n) is 0.269. The molecule has 0 aromatic carbocycles. The molecule has 0 saturated heterocycles. The van der Waals surface area contributed by atoms with E-state index in [1.54, 1.807) is 0 Å². The van der Waals surface area contributed by atoms with Crippen molar-refractivity contribution in [2.24, 2.45) is 0 Å². The van der Waals surface area contributed by atoms with Gasteiger partial charge in [-0.3, -0.25) is 0 Å². The summed E-state index contributed by atoms with van der Waals surface area (Å²) in [5.41, 5.74) is 0. The number of hydrogen-bond acceptors (Lipinski definition) is 3. The van der Waals surface area contributed by atoms with Crippen LogP contribution in [-0.4, -0.2) is 37.0 Å². The highest BCUT2D eigenvalue weighted by molar-refractivity contribution is 7.96. The summed E-state index contributed by atoms with van der Waals surface area (Å²) in [5.74, 6) is 0.273. The molecule has 0 radical (unpaired) electrons. The Balaban J connectivity index is 3.53. The zero-order valence-electron chi connectivity index (χ0n) is 5.46. The SMILES string of the molecule is C[S+](C)CCS(=O)(=O)[O-]. The highest BCUT2D eigenvalue weighted by atomic mass is 32.2. The fourth-order valence-corrected chi connectivity index (χ4v) is 2.42. The smallest absolute Gasteiger partial charge is 0.120 e. The van der Waals surface area contributed by atoms with Crippen LogP contribution in [0, 0.1) is 0 Å². The molecule has 0 aliphatic carbocycles. The second kappa shape index (κ2) is 3.43. The molecule has 0 aliphatic heterocycles. The lowest BCUT2D eigenvalue weighted by atomic mass is 11.0. The van der Waals surface area contributed by atoms with E-state index >= 15 is 0 Å². The van der Waals surface area contributed by atoms with E-state index in [0.717, 1.165) is 0 Å². The summed E-state index contributed by atoms with van der Waals surface area (Å²) in [6.45, 7) is 0. The van der Waals surface area contributed by atoms with Crippen molar-refractivity contribution in [1.82, 2.24) is 0 Å². The Morgan fingerprint density at radius 3 is 2.00 bits per heavy atom. The first kappa shape index (κ1) is 9.26. The van der Waals surface area contributed by atoms with E-state index in [2.05, 4.69) is 0 Å². The molecule has 0 bridgehead atoms. The van der Waals surface area contributed by atoms with Gasteiger partial charge in [-0.05, 0) is 10.9 Å². The summed E-state index contributed by atoms with van der Waals surface area (Å²) < 4.78 is 30.0. The minimum absolute atomic E-state index is 0.0588. The highest BCUT2D eigenvalue weighted by Gasteiger charge is 2.04. The molecule has 0 aromatic rings. The number of rotatable bonds is 3. The predicted molar refractivity (Wildman–Crippen MR) is 38.6 cm³/mol. The van der Waals surface area contributed by atoms with Crippen LogP contribution in [0.25, 0.3) is 0 Å². The van der Waals surface area contributed by atoms with Gasteiger partial charge in [0.2, 0.25) is 0 Å². The standard InChI is InChI=1S/C4H10O3S2/c1-8(2)3-4-9(5,6)7/h3-4H2,1-2H3. The second-order valence-electron chi connectivity index (χ2n) is 1.95. The Morgan fingerprint density at radius 1 is 1.44 bits per heavy atom. The maximum absolute atomic E-state index is 9.98. The molecule has 0 saturated carbocycles. The molecule has 0 aliphatic rings. The quantitative estimate of drug-likeness (QED) is 0.420. The lowest BCUT2D eigenvalue weighted by Gasteiger charge is -2.02. The first-order valence-corrected chi connectivity index (χ1v) is 6.18. The molecule has 0 atom stereocenters. The lowest BCUT2D eigenvalue weighted by Crippen LogP contribution is -2.14. The van der Waals surface area contributed by atoms with E-state index in [9.17, 15) is 13.0 Å². The molecule has 0 spiro atoms. The van der Waals surface area contributed by atoms with Gasteiger partial charge in [-0.1, -0.05) is 0 Å². The van der Waals surface area contributed by atoms with Crippen LogP contribution in [0.3, 0.4) is 0 Å². The van der Waals surface area contributed by atoms with Gasteiger partial charge in [0, 0.05) is 0 Å². The fraction of sp³-hybridized carbons (Fsp3) is 1.00. The van der Waals surface area contributed by atoms with Crippen LogP contribution in [-0.2, 0) is 21.0 Å². The van der Waals surface area contributed by atoms with E-state index in [1.165, 1.54) is 0 Å². The molecular weight excluding hydrogens is 160 g/mol. The lowest BCUT2D eigenvalue weighted by molar-refractivity contribution is 0.465. The molecule has 0 unspecified atom stereocenters. The molecule has 3 nitrogen and oxygen atoms in total. The van der Waals surface area contributed by atoms with E-state index in [4.69, 9.17) is 0 Å². The van der Waals surface area contributed by atoms with Crippen LogP contribution in [0.4, 0.5) is 0 Å². The first-order valence-electron chi connectivity index (χ1n) is 2.39. The van der Waals surface area contributed by atoms with Crippen molar-refractivity contribution in [3.63, 3.8) is 0 Å². The van der Waals surface area contributed by atoms with Crippen molar-refractivity contribution < 1.29 is 13.0 Å². The van der Waals surface area contributed by atoms with Gasteiger partial charge in [-0.2, -0.15) is 0 Å². The third kappa shape index (κ3) is 8.26. The van der Waals surface area contributed by atoms with Crippen molar-refractivity contribution in [2.45, 2.75) is 0 Å². The van der Waals surface area contributed by atoms with Gasteiger partial charge < -0.3 is 4.55 Å². The summed E-state index contributed by atoms with van der Waals surface area (Å²) >= 11 is 0. The van der Waals surface area contributed by atoms with Crippen molar-refractivity contribution in [2.75, 3.05) is 24.0 Å². The molecule has 5 heteroatoms. The van der Waals surface area contributed by atoms with E-state index in [0.29, 0.717) is 5.75 Å². The van der Waals surface area contributed by atoms with Crippen LogP contribution in [0.2, 0.25) is 0 Å². The summed E-state index contributed by atoms with van der Waals surface area (Å²) in [6, 6.07) is 0. The molecule has 0 amide bonds. The maximum atomic E-state index is 9.98. The van der Waals surface area contributed by atoms with Gasteiger partial charge in [-0.25, -0.2) is 8.42 Å². The van der Waals surface area contributed by atoms with E-state index in [1.807, 2.05) is 12.5 Å². The van der Waals surface area contributed by atoms with E-state index < -0.39 is 10.1 Å². The molecule has 56 valence electrons. The normalized spacial score (nSPS) is 12.4. The second-order valence-corrected chi connectivity index (χ2v) is 5.85. The van der Waals surface area contributed by atoms with Gasteiger partial charge in [0.25, 0.3) is 0 Å². The van der Waals surface area contributed by atoms with Crippen LogP contribution in [0.5, 0.6) is 0 Å². The van der Waals surface area contributed by atoms with Gasteiger partial charge in [-0.15, -0.1) is 0 Å². The molecule has 0 rings (SSSR count). The monoisotopic (exact) mass is 170 g/mol. The number of hydrogen-bond donors (Lipinski definition) is 0. The third-order valence-corrected chi connectivity index (χ3v) is 2.72. The van der Waals surface area contributed by atoms with Crippen LogP contribution >= 0.6 is 0 Å². The van der Waals surface area contributed by atoms with Crippen LogP contribution in [0.15, 0.2) is 0 Å². The van der Waals surface area contributed by atoms with Gasteiger partial charge >= 0.3 is 0 Å². The van der Waals surface area contributed by atoms with Gasteiger partial charge in [0.05, 0.1) is 28.4 Å². The summed E-state index contributed by atoms with van der Waals surface area (Å²) in [7, 11) is -3.90. The maximum Gasteiger partial charge on any atom is 0.120 e. The van der Waals surface area contributed by atoms with Crippen molar-refractivity contribution in [3.8, 4) is 0 Å². The largest absolute Gasteiger partial charge is 0.748 e. The van der Waals surface area contributed by atoms with Gasteiger partial charge in [0.15, 0.2) is 0 Å². The Bertz CT molecular complexity index is 159. The minimum atomic E-state index is -3.96. The van der Waals surface area contributed by atoms with Crippen molar-refractivity contribution >= 4 is 21.0 Å². The molecule has 0 heterocycles. The zero-order valence-corrected chi connectivity index (χ0v) is 7.09. The average molecular weight is 170 g/mol. The van der Waals surface area contributed by atoms with Gasteiger partial charge in [0.1, 0.15) is 5.75 Å². The Morgan fingerprint density at radius 2 is 1.89 bits per heavy atom. The summed E-state index contributed by atoms with van der Waals surface area (Å²) in [6.07, 6.45) is 3.82. The molecule has 0 fully saturated rings. The Hall–Kier alpha value is 0.260. The first-order chi connectivity index (χ1) is 3.92. The molecule has 0 aromatic heterocycles. The van der Waals surface area contributed by atoms with Crippen molar-refractivity contribution in [1.29, 1.82) is 0 Å². The van der Waals surface area contributed by atoms with Crippen molar-refractivity contribution in [3.05, 3.63) is 0 Å². The summed E-state index contributed by atoms with van der Waals surface area (Å²) in [5, 5.41) is 0. The highest BCUT2D eigenvalue weighted by Crippen LogP contribution is 1.87. The Kier molecular flexibility index (Phi) is 3.53. The Labute approximate surface area is 58.6 Å². The minimum Gasteiger partial charge on any atom is -0.748 e. The summed E-state index contributed by atoms with van der Waals surface area (Å²) in [4.78, 5) is 0. The molecule has 9 heavy (non-hydrogen) atoms. The molecular formula is C4H10O3S2. The zero-order chi connectivity index (χ0) is 7.49. The molecule has 0 N–H and O–H groups in total. The average Bonchev–Trinajstić information content (AvgIpc) is 1.59. The van der Waals surface area contributed by atoms with Crippen LogP contribution in [0.1, 0.15) is 0 Å². The third-order valence-electron chi connectivity index (χ3n) is 0.742.